The molecule has 34 heavy (non-hydrogen) atoms. The Balaban J connectivity index is 1.60. The number of anilines is 1. The zero-order chi connectivity index (χ0) is 24.5. The summed E-state index contributed by atoms with van der Waals surface area (Å²) in [5, 5.41) is 5.09. The minimum absolute atomic E-state index is 0.0892. The molecule has 0 aliphatic heterocycles. The molecule has 0 unspecified atom stereocenters. The van der Waals surface area contributed by atoms with Gasteiger partial charge in [0.15, 0.2) is 11.5 Å². The summed E-state index contributed by atoms with van der Waals surface area (Å²) in [4.78, 5) is 27.1. The molecule has 0 bridgehead atoms. The first-order chi connectivity index (χ1) is 16.5. The third kappa shape index (κ3) is 7.02. The van der Waals surface area contributed by atoms with Crippen molar-refractivity contribution < 1.29 is 28.5 Å². The number of carbonyl (C=O) groups is 2. The van der Waals surface area contributed by atoms with Crippen LogP contribution in [0, 0.1) is 0 Å². The number of hydrogen-bond donors (Lipinski definition) is 2. The van der Waals surface area contributed by atoms with Gasteiger partial charge in [-0.25, -0.2) is 4.79 Å². The van der Waals surface area contributed by atoms with E-state index in [-0.39, 0.29) is 12.5 Å². The molecule has 0 atom stereocenters. The Kier molecular flexibility index (Phi) is 8.98. The number of benzene rings is 2. The summed E-state index contributed by atoms with van der Waals surface area (Å²) in [6.45, 7) is 5.32. The fourth-order valence-electron chi connectivity index (χ4n) is 3.62. The van der Waals surface area contributed by atoms with E-state index in [0.29, 0.717) is 43.0 Å². The van der Waals surface area contributed by atoms with E-state index in [9.17, 15) is 9.59 Å². The molecule has 2 aromatic rings. The Morgan fingerprint density at radius 1 is 0.941 bits per heavy atom. The van der Waals surface area contributed by atoms with Crippen LogP contribution in [-0.2, 0) is 11.3 Å². The van der Waals surface area contributed by atoms with Gasteiger partial charge in [-0.05, 0) is 57.0 Å². The minimum Gasteiger partial charge on any atom is -0.497 e. The summed E-state index contributed by atoms with van der Waals surface area (Å²) in [5.41, 5.74) is 1.42. The van der Waals surface area contributed by atoms with Gasteiger partial charge in [0.2, 0.25) is 5.91 Å². The number of ether oxygens (including phenoxy) is 4. The predicted molar refractivity (Wildman–Crippen MR) is 129 cm³/mol. The number of nitrogens with zero attached hydrogens (tertiary/aromatic N) is 1. The third-order valence-corrected chi connectivity index (χ3v) is 5.33. The summed E-state index contributed by atoms with van der Waals surface area (Å²) < 4.78 is 21.9. The van der Waals surface area contributed by atoms with Crippen molar-refractivity contribution in [2.45, 2.75) is 39.3 Å². The lowest BCUT2D eigenvalue weighted by atomic mass is 10.1. The fraction of sp³-hybridized carbons (Fsp3) is 0.440. The average molecular weight is 472 g/mol. The number of nitrogens with one attached hydrogen (secondary N) is 2. The van der Waals surface area contributed by atoms with Gasteiger partial charge in [-0.3, -0.25) is 15.0 Å². The van der Waals surface area contributed by atoms with Crippen LogP contribution in [0.2, 0.25) is 0 Å². The molecule has 0 aromatic heterocycles. The van der Waals surface area contributed by atoms with Crippen molar-refractivity contribution in [2.75, 3.05) is 39.3 Å². The van der Waals surface area contributed by atoms with Crippen molar-refractivity contribution in [3.05, 3.63) is 42.0 Å². The summed E-state index contributed by atoms with van der Waals surface area (Å²) in [5.74, 6) is 2.18. The lowest BCUT2D eigenvalue weighted by Gasteiger charge is -2.22. The van der Waals surface area contributed by atoms with E-state index in [1.807, 2.05) is 36.9 Å². The molecule has 2 N–H and O–H groups in total. The number of amides is 3. The molecule has 184 valence electrons. The van der Waals surface area contributed by atoms with Crippen molar-refractivity contribution in [1.29, 1.82) is 0 Å². The summed E-state index contributed by atoms with van der Waals surface area (Å²) in [6, 6.07) is 10.4. The maximum atomic E-state index is 12.6. The normalized spacial score (nSPS) is 12.7. The molecule has 1 aliphatic carbocycles. The second-order valence-electron chi connectivity index (χ2n) is 7.84. The van der Waals surface area contributed by atoms with Gasteiger partial charge in [0.1, 0.15) is 11.5 Å². The Morgan fingerprint density at radius 3 is 2.29 bits per heavy atom. The molecular formula is C25H33N3O6. The van der Waals surface area contributed by atoms with E-state index in [1.54, 1.807) is 32.4 Å². The van der Waals surface area contributed by atoms with Gasteiger partial charge in [-0.2, -0.15) is 0 Å². The van der Waals surface area contributed by atoms with Crippen LogP contribution in [0.5, 0.6) is 23.0 Å². The van der Waals surface area contributed by atoms with Crippen molar-refractivity contribution >= 4 is 17.6 Å². The van der Waals surface area contributed by atoms with Gasteiger partial charge < -0.3 is 24.3 Å². The number of hydrogen-bond acceptors (Lipinski definition) is 7. The smallest absolute Gasteiger partial charge is 0.325 e. The van der Waals surface area contributed by atoms with E-state index in [4.69, 9.17) is 18.9 Å². The highest BCUT2D eigenvalue weighted by molar-refractivity contribution is 6.01. The van der Waals surface area contributed by atoms with E-state index >= 15 is 0 Å². The molecule has 0 heterocycles. The summed E-state index contributed by atoms with van der Waals surface area (Å²) >= 11 is 0. The van der Waals surface area contributed by atoms with Crippen LogP contribution in [0.3, 0.4) is 0 Å². The maximum Gasteiger partial charge on any atom is 0.325 e. The zero-order valence-corrected chi connectivity index (χ0v) is 20.2. The third-order valence-electron chi connectivity index (χ3n) is 5.33. The minimum atomic E-state index is -0.605. The molecule has 0 spiro atoms. The Hall–Kier alpha value is -3.46. The van der Waals surface area contributed by atoms with Gasteiger partial charge >= 0.3 is 6.03 Å². The van der Waals surface area contributed by atoms with Gasteiger partial charge in [-0.1, -0.05) is 0 Å². The first-order valence-electron chi connectivity index (χ1n) is 11.4. The van der Waals surface area contributed by atoms with E-state index in [2.05, 4.69) is 10.6 Å². The highest BCUT2D eigenvalue weighted by atomic mass is 16.5. The van der Waals surface area contributed by atoms with E-state index in [0.717, 1.165) is 29.9 Å². The Bertz CT molecular complexity index is 993. The lowest BCUT2D eigenvalue weighted by Crippen LogP contribution is -2.42. The Morgan fingerprint density at radius 2 is 1.65 bits per heavy atom. The van der Waals surface area contributed by atoms with Crippen molar-refractivity contribution in [2.24, 2.45) is 0 Å². The Labute approximate surface area is 200 Å². The standard InChI is InChI=1S/C25H33N3O6/c1-5-33-22-11-7-18(14-23(22)34-6-2)26-25(30)27-24(29)16-28(19-8-9-19)15-17-13-20(31-3)10-12-21(17)32-4/h7,10-14,19H,5-6,8-9,15-16H2,1-4H3,(H2,26,27,29,30). The summed E-state index contributed by atoms with van der Waals surface area (Å²) in [6.07, 6.45) is 2.02. The number of imide groups is 1. The van der Waals surface area contributed by atoms with Gasteiger partial charge in [0, 0.05) is 29.9 Å². The second-order valence-corrected chi connectivity index (χ2v) is 7.84. The van der Waals surface area contributed by atoms with Crippen LogP contribution in [0.15, 0.2) is 36.4 Å². The van der Waals surface area contributed by atoms with Crippen LogP contribution < -0.4 is 29.6 Å². The first kappa shape index (κ1) is 25.2. The quantitative estimate of drug-likeness (QED) is 0.486. The van der Waals surface area contributed by atoms with Gasteiger partial charge in [0.25, 0.3) is 0 Å². The maximum absolute atomic E-state index is 12.6. The molecule has 0 saturated heterocycles. The molecule has 9 heteroatoms. The number of methoxy groups -OCH3 is 2. The molecule has 3 rings (SSSR count). The van der Waals surface area contributed by atoms with Crippen LogP contribution in [0.25, 0.3) is 0 Å². The molecule has 1 aliphatic rings. The molecule has 2 aromatic carbocycles. The highest BCUT2D eigenvalue weighted by Gasteiger charge is 2.31. The van der Waals surface area contributed by atoms with E-state index in [1.165, 1.54) is 0 Å². The van der Waals surface area contributed by atoms with Crippen molar-refractivity contribution in [3.8, 4) is 23.0 Å². The van der Waals surface area contributed by atoms with Gasteiger partial charge in [-0.15, -0.1) is 0 Å². The first-order valence-corrected chi connectivity index (χ1v) is 11.4. The van der Waals surface area contributed by atoms with Crippen LogP contribution in [-0.4, -0.2) is 56.9 Å². The van der Waals surface area contributed by atoms with Crippen LogP contribution in [0.4, 0.5) is 10.5 Å². The number of urea groups is 1. The van der Waals surface area contributed by atoms with Gasteiger partial charge in [0.05, 0.1) is 34.0 Å². The fourth-order valence-corrected chi connectivity index (χ4v) is 3.62. The summed E-state index contributed by atoms with van der Waals surface area (Å²) in [7, 11) is 3.22. The molecule has 1 fully saturated rings. The number of rotatable bonds is 12. The van der Waals surface area contributed by atoms with E-state index < -0.39 is 6.03 Å². The molecule has 3 amide bonds. The van der Waals surface area contributed by atoms with Crippen LogP contribution in [0.1, 0.15) is 32.3 Å². The molecule has 0 radical (unpaired) electrons. The zero-order valence-electron chi connectivity index (χ0n) is 20.2. The molecule has 1 saturated carbocycles. The second kappa shape index (κ2) is 12.1. The number of carbonyl (C=O) groups excluding carboxylic acids is 2. The highest BCUT2D eigenvalue weighted by Crippen LogP contribution is 2.32. The average Bonchev–Trinajstić information content (AvgIpc) is 3.66. The van der Waals surface area contributed by atoms with Crippen molar-refractivity contribution in [1.82, 2.24) is 10.2 Å². The topological polar surface area (TPSA) is 98.4 Å². The SMILES string of the molecule is CCOc1ccc(NC(=O)NC(=O)CN(Cc2cc(OC)ccc2OC)C2CC2)cc1OCC. The molecule has 9 nitrogen and oxygen atoms in total. The van der Waals surface area contributed by atoms with Crippen molar-refractivity contribution in [3.63, 3.8) is 0 Å². The van der Waals surface area contributed by atoms with Crippen LogP contribution >= 0.6 is 0 Å². The predicted octanol–water partition coefficient (Wildman–Crippen LogP) is 3.81. The molecular weight excluding hydrogens is 438 g/mol. The largest absolute Gasteiger partial charge is 0.497 e. The monoisotopic (exact) mass is 471 g/mol. The lowest BCUT2D eigenvalue weighted by molar-refractivity contribution is -0.121.